The van der Waals surface area contributed by atoms with Gasteiger partial charge in [0.1, 0.15) is 5.75 Å². The Labute approximate surface area is 134 Å². The van der Waals surface area contributed by atoms with Gasteiger partial charge in [0.25, 0.3) is 0 Å². The minimum absolute atomic E-state index is 0.0233. The van der Waals surface area contributed by atoms with Gasteiger partial charge in [-0.3, -0.25) is 4.79 Å². The Bertz CT molecular complexity index is 545. The Morgan fingerprint density at radius 3 is 3.14 bits per heavy atom. The molecule has 2 aliphatic heterocycles. The van der Waals surface area contributed by atoms with Crippen LogP contribution >= 0.6 is 15.9 Å². The van der Waals surface area contributed by atoms with Gasteiger partial charge in [0.05, 0.1) is 12.6 Å². The third-order valence-corrected chi connectivity index (χ3v) is 4.63. The van der Waals surface area contributed by atoms with E-state index in [9.17, 15) is 4.79 Å². The molecule has 114 valence electrons. The Hall–Kier alpha value is -1.07. The molecule has 0 bridgehead atoms. The van der Waals surface area contributed by atoms with Crippen molar-refractivity contribution in [1.29, 1.82) is 0 Å². The number of carbonyl (C=O) groups excluding carboxylic acids is 1. The minimum Gasteiger partial charge on any atom is -0.493 e. The van der Waals surface area contributed by atoms with Crippen LogP contribution < -0.4 is 10.1 Å². The Morgan fingerprint density at radius 1 is 1.48 bits per heavy atom. The van der Waals surface area contributed by atoms with Crippen molar-refractivity contribution in [3.8, 4) is 5.75 Å². The lowest BCUT2D eigenvalue weighted by molar-refractivity contribution is -0.136. The van der Waals surface area contributed by atoms with Crippen LogP contribution in [0.1, 0.15) is 30.9 Å². The van der Waals surface area contributed by atoms with Crippen molar-refractivity contribution >= 4 is 21.8 Å². The van der Waals surface area contributed by atoms with Crippen molar-refractivity contribution < 1.29 is 9.53 Å². The van der Waals surface area contributed by atoms with Crippen molar-refractivity contribution in [2.24, 2.45) is 0 Å². The fraction of sp³-hybridized carbons (Fsp3) is 0.562. The maximum absolute atomic E-state index is 12.5. The smallest absolute Gasteiger partial charge is 0.240 e. The van der Waals surface area contributed by atoms with Crippen LogP contribution in [-0.4, -0.2) is 36.5 Å². The summed E-state index contributed by atoms with van der Waals surface area (Å²) in [7, 11) is 0. The number of likely N-dealkylation sites (N-methyl/N-ethyl adjacent to an activating group) is 1. The molecular formula is C16H21BrN2O2. The zero-order valence-corrected chi connectivity index (χ0v) is 13.9. The van der Waals surface area contributed by atoms with Crippen molar-refractivity contribution in [3.63, 3.8) is 0 Å². The van der Waals surface area contributed by atoms with Crippen LogP contribution in [0.3, 0.4) is 0 Å². The van der Waals surface area contributed by atoms with Crippen LogP contribution in [0.5, 0.6) is 5.75 Å². The van der Waals surface area contributed by atoms with Crippen LogP contribution in [0, 0.1) is 0 Å². The zero-order chi connectivity index (χ0) is 14.8. The SMILES string of the molecule is CCNC1CCCN(Cc2cc(Br)cc3c2OCC3)C1=O. The summed E-state index contributed by atoms with van der Waals surface area (Å²) in [4.78, 5) is 14.5. The lowest BCUT2D eigenvalue weighted by Gasteiger charge is -2.33. The first-order valence-corrected chi connectivity index (χ1v) is 8.44. The fourth-order valence-electron chi connectivity index (χ4n) is 3.20. The third-order valence-electron chi connectivity index (χ3n) is 4.17. The molecule has 3 rings (SSSR count). The third kappa shape index (κ3) is 3.09. The van der Waals surface area contributed by atoms with E-state index in [4.69, 9.17) is 4.74 Å². The molecule has 2 aliphatic rings. The average molecular weight is 353 g/mol. The van der Waals surface area contributed by atoms with Gasteiger partial charge in [-0.05, 0) is 37.1 Å². The quantitative estimate of drug-likeness (QED) is 0.904. The van der Waals surface area contributed by atoms with Gasteiger partial charge in [0, 0.05) is 29.5 Å². The number of rotatable bonds is 4. The van der Waals surface area contributed by atoms with E-state index in [1.165, 1.54) is 5.56 Å². The topological polar surface area (TPSA) is 41.6 Å². The lowest BCUT2D eigenvalue weighted by Crippen LogP contribution is -2.50. The molecule has 1 aromatic rings. The summed E-state index contributed by atoms with van der Waals surface area (Å²) in [5.41, 5.74) is 2.36. The first kappa shape index (κ1) is 14.9. The molecule has 1 aromatic carbocycles. The van der Waals surface area contributed by atoms with Crippen molar-refractivity contribution in [2.45, 2.75) is 38.8 Å². The number of carbonyl (C=O) groups is 1. The van der Waals surface area contributed by atoms with Gasteiger partial charge in [-0.2, -0.15) is 0 Å². The highest BCUT2D eigenvalue weighted by Gasteiger charge is 2.29. The maximum atomic E-state index is 12.5. The van der Waals surface area contributed by atoms with Gasteiger partial charge in [-0.15, -0.1) is 0 Å². The number of halogens is 1. The number of nitrogens with zero attached hydrogens (tertiary/aromatic N) is 1. The number of hydrogen-bond acceptors (Lipinski definition) is 3. The highest BCUT2D eigenvalue weighted by molar-refractivity contribution is 9.10. The summed E-state index contributed by atoms with van der Waals surface area (Å²) in [6, 6.07) is 4.17. The molecular weight excluding hydrogens is 332 g/mol. The highest BCUT2D eigenvalue weighted by Crippen LogP contribution is 2.34. The molecule has 1 atom stereocenters. The lowest BCUT2D eigenvalue weighted by atomic mass is 10.0. The first-order valence-electron chi connectivity index (χ1n) is 7.65. The molecule has 4 nitrogen and oxygen atoms in total. The van der Waals surface area contributed by atoms with Crippen LogP contribution in [0.4, 0.5) is 0 Å². The summed E-state index contributed by atoms with van der Waals surface area (Å²) in [6.07, 6.45) is 2.95. The largest absolute Gasteiger partial charge is 0.493 e. The molecule has 1 saturated heterocycles. The Balaban J connectivity index is 1.79. The van der Waals surface area contributed by atoms with E-state index in [0.29, 0.717) is 6.54 Å². The molecule has 5 heteroatoms. The molecule has 1 amide bonds. The van der Waals surface area contributed by atoms with E-state index in [2.05, 4.69) is 33.4 Å². The number of hydrogen-bond donors (Lipinski definition) is 1. The molecule has 1 N–H and O–H groups in total. The molecule has 1 unspecified atom stereocenters. The van der Waals surface area contributed by atoms with E-state index >= 15 is 0 Å². The second-order valence-corrected chi connectivity index (χ2v) is 6.58. The van der Waals surface area contributed by atoms with Gasteiger partial charge in [0.15, 0.2) is 0 Å². The number of benzene rings is 1. The van der Waals surface area contributed by atoms with E-state index in [1.54, 1.807) is 0 Å². The van der Waals surface area contributed by atoms with Crippen molar-refractivity contribution in [2.75, 3.05) is 19.7 Å². The molecule has 0 aromatic heterocycles. The standard InChI is InChI=1S/C16H21BrN2O2/c1-2-18-14-4-3-6-19(16(14)20)10-12-9-13(17)8-11-5-7-21-15(11)12/h8-9,14,18H,2-7,10H2,1H3. The van der Waals surface area contributed by atoms with Crippen LogP contribution in [0.25, 0.3) is 0 Å². The van der Waals surface area contributed by atoms with Gasteiger partial charge >= 0.3 is 0 Å². The van der Waals surface area contributed by atoms with Crippen molar-refractivity contribution in [1.82, 2.24) is 10.2 Å². The van der Waals surface area contributed by atoms with Crippen molar-refractivity contribution in [3.05, 3.63) is 27.7 Å². The van der Waals surface area contributed by atoms with E-state index < -0.39 is 0 Å². The second kappa shape index (κ2) is 6.36. The normalized spacial score (nSPS) is 21.3. The zero-order valence-electron chi connectivity index (χ0n) is 12.3. The van der Waals surface area contributed by atoms with Crippen LogP contribution in [0.2, 0.25) is 0 Å². The Morgan fingerprint density at radius 2 is 2.33 bits per heavy atom. The number of likely N-dealkylation sites (tertiary alicyclic amines) is 1. The van der Waals surface area contributed by atoms with Crippen LogP contribution in [-0.2, 0) is 17.8 Å². The summed E-state index contributed by atoms with van der Waals surface area (Å²) < 4.78 is 6.83. The molecule has 2 heterocycles. The number of ether oxygens (including phenoxy) is 1. The van der Waals surface area contributed by atoms with Gasteiger partial charge in [-0.25, -0.2) is 0 Å². The number of amides is 1. The summed E-state index contributed by atoms with van der Waals surface area (Å²) in [5, 5.41) is 3.28. The second-order valence-electron chi connectivity index (χ2n) is 5.66. The molecule has 21 heavy (non-hydrogen) atoms. The predicted molar refractivity (Wildman–Crippen MR) is 85.5 cm³/mol. The molecule has 0 saturated carbocycles. The molecule has 0 radical (unpaired) electrons. The predicted octanol–water partition coefficient (Wildman–Crippen LogP) is 2.48. The molecule has 0 aliphatic carbocycles. The van der Waals surface area contributed by atoms with Crippen LogP contribution in [0.15, 0.2) is 16.6 Å². The summed E-state index contributed by atoms with van der Waals surface area (Å²) >= 11 is 3.56. The van der Waals surface area contributed by atoms with E-state index in [0.717, 1.165) is 54.7 Å². The van der Waals surface area contributed by atoms with E-state index in [-0.39, 0.29) is 11.9 Å². The average Bonchev–Trinajstić information content (AvgIpc) is 2.91. The number of piperidine rings is 1. The van der Waals surface area contributed by atoms with Gasteiger partial charge in [0.2, 0.25) is 5.91 Å². The molecule has 1 fully saturated rings. The maximum Gasteiger partial charge on any atom is 0.240 e. The minimum atomic E-state index is -0.0233. The summed E-state index contributed by atoms with van der Waals surface area (Å²) in [6.45, 7) is 5.10. The number of fused-ring (bicyclic) bond motifs is 1. The molecule has 0 spiro atoms. The van der Waals surface area contributed by atoms with Gasteiger partial charge in [-0.1, -0.05) is 22.9 Å². The monoisotopic (exact) mass is 352 g/mol. The van der Waals surface area contributed by atoms with E-state index in [1.807, 2.05) is 11.8 Å². The fourth-order valence-corrected chi connectivity index (χ4v) is 3.75. The van der Waals surface area contributed by atoms with Gasteiger partial charge < -0.3 is 15.0 Å². The highest BCUT2D eigenvalue weighted by atomic mass is 79.9. The summed E-state index contributed by atoms with van der Waals surface area (Å²) in [5.74, 6) is 1.20. The first-order chi connectivity index (χ1) is 10.2. The number of nitrogens with one attached hydrogen (secondary N) is 1. The Kier molecular flexibility index (Phi) is 4.50.